The summed E-state index contributed by atoms with van der Waals surface area (Å²) in [4.78, 5) is 21.1. The maximum Gasteiger partial charge on any atom is 0.234 e. The number of aromatic nitrogens is 5. The topological polar surface area (TPSA) is 85.6 Å². The summed E-state index contributed by atoms with van der Waals surface area (Å²) in [6.07, 6.45) is 4.07. The van der Waals surface area contributed by atoms with Crippen molar-refractivity contribution in [1.82, 2.24) is 24.7 Å². The molecule has 0 saturated heterocycles. The number of aryl methyl sites for hydroxylation is 3. The number of nitrogens with one attached hydrogen (secondary N) is 1. The summed E-state index contributed by atoms with van der Waals surface area (Å²) in [6, 6.07) is 6.40. The van der Waals surface area contributed by atoms with Crippen LogP contribution in [0.4, 0.5) is 10.1 Å². The largest absolute Gasteiger partial charge is 0.325 e. The number of carbonyl (C=O) groups is 1. The van der Waals surface area contributed by atoms with Crippen LogP contribution in [0.25, 0.3) is 11.4 Å². The van der Waals surface area contributed by atoms with Crippen LogP contribution in [0.2, 0.25) is 0 Å². The van der Waals surface area contributed by atoms with Crippen molar-refractivity contribution in [2.45, 2.75) is 51.2 Å². The molecule has 0 bridgehead atoms. The fourth-order valence-corrected chi connectivity index (χ4v) is 4.29. The van der Waals surface area contributed by atoms with E-state index in [1.54, 1.807) is 12.1 Å². The molecule has 7 nitrogen and oxygen atoms in total. The van der Waals surface area contributed by atoms with E-state index in [1.807, 2.05) is 24.5 Å². The van der Waals surface area contributed by atoms with Gasteiger partial charge in [-0.05, 0) is 51.0 Å². The molecule has 3 heterocycles. The minimum Gasteiger partial charge on any atom is -0.325 e. The monoisotopic (exact) mass is 426 g/mol. The van der Waals surface area contributed by atoms with E-state index in [4.69, 9.17) is 0 Å². The minimum atomic E-state index is -0.384. The van der Waals surface area contributed by atoms with Gasteiger partial charge in [-0.1, -0.05) is 18.2 Å². The molecule has 2 aromatic heterocycles. The number of hydrogen-bond acceptors (Lipinski definition) is 6. The molecule has 1 aromatic carbocycles. The van der Waals surface area contributed by atoms with Crippen LogP contribution < -0.4 is 5.32 Å². The van der Waals surface area contributed by atoms with Gasteiger partial charge in [-0.15, -0.1) is 10.2 Å². The molecule has 1 aliphatic heterocycles. The maximum absolute atomic E-state index is 14.6. The predicted octanol–water partition coefficient (Wildman–Crippen LogP) is 3.95. The van der Waals surface area contributed by atoms with Gasteiger partial charge in [0.15, 0.2) is 11.0 Å². The molecule has 1 aliphatic rings. The molecular weight excluding hydrogens is 403 g/mol. The summed E-state index contributed by atoms with van der Waals surface area (Å²) in [5.74, 6) is 0.973. The molecule has 9 heteroatoms. The number of rotatable bonds is 5. The molecule has 0 spiro atoms. The lowest BCUT2D eigenvalue weighted by Crippen LogP contribution is -2.14. The van der Waals surface area contributed by atoms with Crippen LogP contribution in [-0.2, 0) is 17.8 Å². The first-order chi connectivity index (χ1) is 14.5. The van der Waals surface area contributed by atoms with Gasteiger partial charge in [0.25, 0.3) is 0 Å². The lowest BCUT2D eigenvalue weighted by molar-refractivity contribution is -0.113. The Bertz CT molecular complexity index is 1060. The maximum atomic E-state index is 14.6. The summed E-state index contributed by atoms with van der Waals surface area (Å²) in [5.41, 5.74) is 2.59. The second kappa shape index (κ2) is 8.91. The van der Waals surface area contributed by atoms with Crippen LogP contribution in [0.15, 0.2) is 29.4 Å². The third kappa shape index (κ3) is 4.67. The van der Waals surface area contributed by atoms with Gasteiger partial charge in [0.2, 0.25) is 5.91 Å². The van der Waals surface area contributed by atoms with E-state index >= 15 is 0 Å². The molecule has 0 radical (unpaired) electrons. The first-order valence-corrected chi connectivity index (χ1v) is 10.9. The van der Waals surface area contributed by atoms with E-state index in [0.717, 1.165) is 49.4 Å². The highest BCUT2D eigenvalue weighted by Gasteiger charge is 2.19. The van der Waals surface area contributed by atoms with Crippen molar-refractivity contribution in [3.63, 3.8) is 0 Å². The highest BCUT2D eigenvalue weighted by molar-refractivity contribution is 7.99. The number of benzene rings is 1. The van der Waals surface area contributed by atoms with Crippen LogP contribution in [0.1, 0.15) is 36.5 Å². The molecule has 3 aromatic rings. The standard InChI is InChI=1S/C21H23FN6OS/c1-13-10-14(2)24-21(23-13)30-12-19(29)25-15-7-8-17(22)16(11-15)20-27-26-18-6-4-3-5-9-28(18)20/h7-8,10-11H,3-6,9,12H2,1-2H3,(H,25,29). The van der Waals surface area contributed by atoms with Crippen LogP contribution >= 0.6 is 11.8 Å². The van der Waals surface area contributed by atoms with E-state index in [1.165, 1.54) is 17.8 Å². The summed E-state index contributed by atoms with van der Waals surface area (Å²) in [6.45, 7) is 4.56. The zero-order chi connectivity index (χ0) is 21.1. The number of halogens is 1. The fraction of sp³-hybridized carbons (Fsp3) is 0.381. The first-order valence-electron chi connectivity index (χ1n) is 9.96. The van der Waals surface area contributed by atoms with Crippen LogP contribution in [0.3, 0.4) is 0 Å². The quantitative estimate of drug-likeness (QED) is 0.491. The normalized spacial score (nSPS) is 13.6. The molecule has 0 atom stereocenters. The number of nitrogens with zero attached hydrogens (tertiary/aromatic N) is 5. The van der Waals surface area contributed by atoms with Crippen molar-refractivity contribution in [3.05, 3.63) is 47.3 Å². The van der Waals surface area contributed by atoms with Crippen molar-refractivity contribution in [3.8, 4) is 11.4 Å². The molecule has 0 aliphatic carbocycles. The van der Waals surface area contributed by atoms with Crippen molar-refractivity contribution in [1.29, 1.82) is 0 Å². The van der Waals surface area contributed by atoms with Crippen LogP contribution in [0, 0.1) is 19.7 Å². The molecule has 0 unspecified atom stereocenters. The van der Waals surface area contributed by atoms with Crippen molar-refractivity contribution >= 4 is 23.4 Å². The first kappa shape index (κ1) is 20.5. The fourth-order valence-electron chi connectivity index (χ4n) is 3.54. The van der Waals surface area contributed by atoms with Crippen molar-refractivity contribution in [2.75, 3.05) is 11.1 Å². The van der Waals surface area contributed by atoms with E-state index in [0.29, 0.717) is 22.2 Å². The summed E-state index contributed by atoms with van der Waals surface area (Å²) in [7, 11) is 0. The van der Waals surface area contributed by atoms with Gasteiger partial charge in [-0.25, -0.2) is 14.4 Å². The summed E-state index contributed by atoms with van der Waals surface area (Å²) < 4.78 is 16.6. The Balaban J connectivity index is 1.48. The SMILES string of the molecule is Cc1cc(C)nc(SCC(=O)Nc2ccc(F)c(-c3nnc4n3CCCCC4)c2)n1. The van der Waals surface area contributed by atoms with Crippen LogP contribution in [-0.4, -0.2) is 36.4 Å². The number of amides is 1. The summed E-state index contributed by atoms with van der Waals surface area (Å²) >= 11 is 1.27. The van der Waals surface area contributed by atoms with E-state index in [2.05, 4.69) is 25.5 Å². The summed E-state index contributed by atoms with van der Waals surface area (Å²) in [5, 5.41) is 11.9. The highest BCUT2D eigenvalue weighted by atomic mass is 32.2. The van der Waals surface area contributed by atoms with E-state index < -0.39 is 0 Å². The number of fused-ring (bicyclic) bond motifs is 1. The highest BCUT2D eigenvalue weighted by Crippen LogP contribution is 2.27. The third-order valence-electron chi connectivity index (χ3n) is 4.89. The number of hydrogen-bond donors (Lipinski definition) is 1. The van der Waals surface area contributed by atoms with Gasteiger partial charge in [0.1, 0.15) is 11.6 Å². The Kier molecular flexibility index (Phi) is 6.08. The lowest BCUT2D eigenvalue weighted by Gasteiger charge is -2.10. The Morgan fingerprint density at radius 1 is 1.13 bits per heavy atom. The Labute approximate surface area is 178 Å². The average molecular weight is 427 g/mol. The Morgan fingerprint density at radius 2 is 1.93 bits per heavy atom. The van der Waals surface area contributed by atoms with Gasteiger partial charge in [-0.3, -0.25) is 4.79 Å². The van der Waals surface area contributed by atoms with Gasteiger partial charge in [0.05, 0.1) is 11.3 Å². The van der Waals surface area contributed by atoms with Gasteiger partial charge in [-0.2, -0.15) is 0 Å². The Morgan fingerprint density at radius 3 is 2.73 bits per heavy atom. The average Bonchev–Trinajstić information content (AvgIpc) is 2.95. The molecule has 30 heavy (non-hydrogen) atoms. The van der Waals surface area contributed by atoms with Gasteiger partial charge in [0, 0.05) is 30.0 Å². The second-order valence-corrected chi connectivity index (χ2v) is 8.31. The molecule has 1 N–H and O–H groups in total. The van der Waals surface area contributed by atoms with Gasteiger partial charge >= 0.3 is 0 Å². The molecule has 0 saturated carbocycles. The number of anilines is 1. The third-order valence-corrected chi connectivity index (χ3v) is 5.74. The number of carbonyl (C=O) groups excluding carboxylic acids is 1. The number of thioether (sulfide) groups is 1. The van der Waals surface area contributed by atoms with Gasteiger partial charge < -0.3 is 9.88 Å². The Hall–Kier alpha value is -2.81. The lowest BCUT2D eigenvalue weighted by atomic mass is 10.1. The van der Waals surface area contributed by atoms with E-state index in [-0.39, 0.29) is 17.5 Å². The molecular formula is C21H23FN6OS. The molecule has 4 rings (SSSR count). The second-order valence-electron chi connectivity index (χ2n) is 7.37. The molecule has 1 amide bonds. The molecule has 156 valence electrons. The minimum absolute atomic E-state index is 0.163. The zero-order valence-electron chi connectivity index (χ0n) is 17.0. The van der Waals surface area contributed by atoms with Crippen molar-refractivity contribution < 1.29 is 9.18 Å². The van der Waals surface area contributed by atoms with Crippen LogP contribution in [0.5, 0.6) is 0 Å². The van der Waals surface area contributed by atoms with Crippen molar-refractivity contribution in [2.24, 2.45) is 0 Å². The zero-order valence-corrected chi connectivity index (χ0v) is 17.8. The smallest absolute Gasteiger partial charge is 0.234 e. The molecule has 0 fully saturated rings. The predicted molar refractivity (Wildman–Crippen MR) is 114 cm³/mol. The van der Waals surface area contributed by atoms with E-state index in [9.17, 15) is 9.18 Å².